The van der Waals surface area contributed by atoms with Crippen LogP contribution in [0.1, 0.15) is 44.5 Å². The molecule has 1 aliphatic rings. The molecule has 0 spiro atoms. The number of nitrogens with one attached hydrogen (secondary N) is 1. The van der Waals surface area contributed by atoms with Gasteiger partial charge >= 0.3 is 0 Å². The molecule has 0 radical (unpaired) electrons. The summed E-state index contributed by atoms with van der Waals surface area (Å²) >= 11 is 0. The number of nitrogens with zero attached hydrogens (tertiary/aromatic N) is 1. The van der Waals surface area contributed by atoms with Crippen molar-refractivity contribution in [2.24, 2.45) is 11.3 Å². The zero-order chi connectivity index (χ0) is 21.9. The Hall–Kier alpha value is -3.02. The molecule has 0 saturated carbocycles. The summed E-state index contributed by atoms with van der Waals surface area (Å²) in [5.41, 5.74) is 1.16. The van der Waals surface area contributed by atoms with Crippen molar-refractivity contribution in [3.05, 3.63) is 48.0 Å². The van der Waals surface area contributed by atoms with Gasteiger partial charge in [-0.3, -0.25) is 9.59 Å². The van der Waals surface area contributed by atoms with Gasteiger partial charge in [0, 0.05) is 17.8 Å². The Morgan fingerprint density at radius 1 is 1.23 bits per heavy atom. The van der Waals surface area contributed by atoms with Crippen molar-refractivity contribution in [3.63, 3.8) is 0 Å². The van der Waals surface area contributed by atoms with Gasteiger partial charge in [0.1, 0.15) is 18.1 Å². The number of hydrogen-bond donors (Lipinski definition) is 1. The molecule has 0 aromatic heterocycles. The summed E-state index contributed by atoms with van der Waals surface area (Å²) < 4.78 is 11.1. The number of benzene rings is 2. The van der Waals surface area contributed by atoms with Gasteiger partial charge in [-0.2, -0.15) is 0 Å². The molecule has 30 heavy (non-hydrogen) atoms. The van der Waals surface area contributed by atoms with Crippen molar-refractivity contribution in [2.75, 3.05) is 30.5 Å². The first kappa shape index (κ1) is 21.7. The summed E-state index contributed by atoms with van der Waals surface area (Å²) in [6.07, 6.45) is 0.877. The predicted octanol–water partition coefficient (Wildman–Crippen LogP) is 4.75. The second-order valence-electron chi connectivity index (χ2n) is 8.68. The molecule has 0 bridgehead atoms. The van der Waals surface area contributed by atoms with Crippen LogP contribution in [0.2, 0.25) is 0 Å². The van der Waals surface area contributed by atoms with E-state index < -0.39 is 5.41 Å². The lowest BCUT2D eigenvalue weighted by molar-refractivity contribution is -0.127. The van der Waals surface area contributed by atoms with Gasteiger partial charge in [-0.05, 0) is 62.6 Å². The topological polar surface area (TPSA) is 67.9 Å². The molecule has 0 aliphatic carbocycles. The van der Waals surface area contributed by atoms with Crippen LogP contribution < -0.4 is 19.7 Å². The van der Waals surface area contributed by atoms with Crippen molar-refractivity contribution < 1.29 is 19.1 Å². The number of methoxy groups -OCH3 is 1. The van der Waals surface area contributed by atoms with Crippen molar-refractivity contribution >= 4 is 23.2 Å². The van der Waals surface area contributed by atoms with Gasteiger partial charge in [-0.25, -0.2) is 0 Å². The number of ether oxygens (including phenoxy) is 2. The van der Waals surface area contributed by atoms with Gasteiger partial charge < -0.3 is 19.7 Å². The van der Waals surface area contributed by atoms with Gasteiger partial charge in [0.25, 0.3) is 5.91 Å². The molecule has 2 aromatic rings. The van der Waals surface area contributed by atoms with Gasteiger partial charge in [0.2, 0.25) is 5.91 Å². The van der Waals surface area contributed by atoms with Crippen LogP contribution in [0.4, 0.5) is 11.4 Å². The second kappa shape index (κ2) is 8.78. The molecule has 160 valence electrons. The minimum atomic E-state index is -0.625. The highest BCUT2D eigenvalue weighted by atomic mass is 16.5. The van der Waals surface area contributed by atoms with E-state index in [-0.39, 0.29) is 11.8 Å². The summed E-state index contributed by atoms with van der Waals surface area (Å²) in [6.45, 7) is 8.98. The summed E-state index contributed by atoms with van der Waals surface area (Å²) in [5, 5.41) is 2.91. The Kier molecular flexibility index (Phi) is 6.34. The summed E-state index contributed by atoms with van der Waals surface area (Å²) in [6, 6.07) is 12.4. The van der Waals surface area contributed by atoms with Gasteiger partial charge in [0.05, 0.1) is 18.2 Å². The van der Waals surface area contributed by atoms with E-state index in [0.29, 0.717) is 47.5 Å². The Bertz CT molecular complexity index is 937. The molecule has 0 atom stereocenters. The first-order valence-electron chi connectivity index (χ1n) is 10.3. The molecular formula is C24H30N2O4. The molecule has 1 N–H and O–H groups in total. The minimum absolute atomic E-state index is 0.0261. The van der Waals surface area contributed by atoms with E-state index in [2.05, 4.69) is 19.2 Å². The molecule has 3 rings (SSSR count). The van der Waals surface area contributed by atoms with E-state index in [1.807, 2.05) is 26.0 Å². The molecule has 6 nitrogen and oxygen atoms in total. The average Bonchev–Trinajstić information content (AvgIpc) is 2.81. The number of carbonyl (C=O) groups is 2. The molecule has 0 unspecified atom stereocenters. The highest BCUT2D eigenvalue weighted by Gasteiger charge is 2.37. The Balaban J connectivity index is 1.90. The monoisotopic (exact) mass is 410 g/mol. The number of fused-ring (bicyclic) bond motifs is 1. The quantitative estimate of drug-likeness (QED) is 0.747. The Labute approximate surface area is 178 Å². The fourth-order valence-electron chi connectivity index (χ4n) is 3.30. The molecule has 2 amide bonds. The lowest BCUT2D eigenvalue weighted by Crippen LogP contribution is -2.42. The van der Waals surface area contributed by atoms with Crippen LogP contribution in [0.5, 0.6) is 11.5 Å². The third kappa shape index (κ3) is 4.75. The van der Waals surface area contributed by atoms with Crippen LogP contribution >= 0.6 is 0 Å². The van der Waals surface area contributed by atoms with Crippen molar-refractivity contribution in [1.82, 2.24) is 0 Å². The fraction of sp³-hybridized carbons (Fsp3) is 0.417. The van der Waals surface area contributed by atoms with Crippen LogP contribution in [0.3, 0.4) is 0 Å². The van der Waals surface area contributed by atoms with Crippen LogP contribution in [0.15, 0.2) is 42.5 Å². The predicted molar refractivity (Wildman–Crippen MR) is 118 cm³/mol. The molecular weight excluding hydrogens is 380 g/mol. The van der Waals surface area contributed by atoms with E-state index in [1.54, 1.807) is 42.3 Å². The highest BCUT2D eigenvalue weighted by molar-refractivity contribution is 6.05. The zero-order valence-corrected chi connectivity index (χ0v) is 18.3. The maximum Gasteiger partial charge on any atom is 0.255 e. The smallest absolute Gasteiger partial charge is 0.255 e. The summed E-state index contributed by atoms with van der Waals surface area (Å²) in [4.78, 5) is 27.7. The summed E-state index contributed by atoms with van der Waals surface area (Å²) in [5.74, 6) is 1.51. The lowest BCUT2D eigenvalue weighted by atomic mass is 9.92. The third-order valence-corrected chi connectivity index (χ3v) is 5.18. The fourth-order valence-corrected chi connectivity index (χ4v) is 3.30. The highest BCUT2D eigenvalue weighted by Crippen LogP contribution is 2.38. The minimum Gasteiger partial charge on any atom is -0.497 e. The number of amides is 2. The van der Waals surface area contributed by atoms with Gasteiger partial charge in [-0.1, -0.05) is 19.9 Å². The van der Waals surface area contributed by atoms with E-state index in [1.165, 1.54) is 0 Å². The largest absolute Gasteiger partial charge is 0.497 e. The number of carbonyl (C=O) groups excluding carboxylic acids is 2. The van der Waals surface area contributed by atoms with Crippen molar-refractivity contribution in [2.45, 2.75) is 34.1 Å². The first-order valence-corrected chi connectivity index (χ1v) is 10.3. The van der Waals surface area contributed by atoms with E-state index in [4.69, 9.17) is 9.47 Å². The molecule has 0 saturated heterocycles. The number of hydrogen-bond acceptors (Lipinski definition) is 4. The Morgan fingerprint density at radius 3 is 2.70 bits per heavy atom. The Morgan fingerprint density at radius 2 is 2.00 bits per heavy atom. The molecule has 1 heterocycles. The molecule has 1 aliphatic heterocycles. The number of anilines is 2. The van der Waals surface area contributed by atoms with Gasteiger partial charge in [-0.15, -0.1) is 0 Å². The van der Waals surface area contributed by atoms with Crippen LogP contribution in [0, 0.1) is 11.3 Å². The lowest BCUT2D eigenvalue weighted by Gasteiger charge is -2.28. The first-order chi connectivity index (χ1) is 14.2. The molecule has 2 aromatic carbocycles. The molecule has 0 fully saturated rings. The standard InChI is InChI=1S/C24H30N2O4/c1-16(2)11-12-26-20-14-18(9-10-21(20)30-15-24(3,4)23(26)28)25-22(27)17-7-6-8-19(13-17)29-5/h6-10,13-14,16H,11-12,15H2,1-5H3,(H,25,27). The van der Waals surface area contributed by atoms with Gasteiger partial charge in [0.15, 0.2) is 0 Å². The second-order valence-corrected chi connectivity index (χ2v) is 8.68. The normalized spacial score (nSPS) is 15.3. The van der Waals surface area contributed by atoms with Crippen LogP contribution in [0.25, 0.3) is 0 Å². The SMILES string of the molecule is COc1cccc(C(=O)Nc2ccc3c(c2)N(CCC(C)C)C(=O)C(C)(C)CO3)c1. The summed E-state index contributed by atoms with van der Waals surface area (Å²) in [7, 11) is 1.56. The maximum absolute atomic E-state index is 13.2. The molecule has 6 heteroatoms. The van der Waals surface area contributed by atoms with Crippen molar-refractivity contribution in [3.8, 4) is 11.5 Å². The van der Waals surface area contributed by atoms with E-state index >= 15 is 0 Å². The third-order valence-electron chi connectivity index (χ3n) is 5.18. The van der Waals surface area contributed by atoms with Crippen LogP contribution in [-0.4, -0.2) is 32.1 Å². The van der Waals surface area contributed by atoms with E-state index in [0.717, 1.165) is 6.42 Å². The zero-order valence-electron chi connectivity index (χ0n) is 18.3. The number of rotatable bonds is 6. The van der Waals surface area contributed by atoms with Crippen LogP contribution in [-0.2, 0) is 4.79 Å². The maximum atomic E-state index is 13.2. The van der Waals surface area contributed by atoms with E-state index in [9.17, 15) is 9.59 Å². The average molecular weight is 411 g/mol. The van der Waals surface area contributed by atoms with Crippen molar-refractivity contribution in [1.29, 1.82) is 0 Å².